The van der Waals surface area contributed by atoms with E-state index in [-0.39, 0.29) is 23.6 Å². The number of anilines is 1. The molecule has 2 aromatic rings. The van der Waals surface area contributed by atoms with Gasteiger partial charge in [0.05, 0.1) is 22.8 Å². The minimum atomic E-state index is -0.708. The summed E-state index contributed by atoms with van der Waals surface area (Å²) in [6.07, 6.45) is 3.81. The summed E-state index contributed by atoms with van der Waals surface area (Å²) in [7, 11) is 0. The SMILES string of the molecule is O=C1NC(=O)[C@@H]2[C@@H]1[C@H]1C=Cc3cc(Cl)ccc3N1[C@H]2C(=O)c1cccs1. The number of hydrogen-bond donors (Lipinski definition) is 1. The number of fused-ring (bicyclic) bond motifs is 5. The van der Waals surface area contributed by atoms with E-state index < -0.39 is 17.9 Å². The summed E-state index contributed by atoms with van der Waals surface area (Å²) < 4.78 is 0. The normalized spacial score (nSPS) is 28.6. The first-order valence-electron chi connectivity index (χ1n) is 8.25. The Balaban J connectivity index is 1.69. The fourth-order valence-corrected chi connectivity index (χ4v) is 5.20. The van der Waals surface area contributed by atoms with Crippen molar-refractivity contribution in [1.82, 2.24) is 5.32 Å². The zero-order chi connectivity index (χ0) is 18.0. The van der Waals surface area contributed by atoms with Gasteiger partial charge in [-0.05, 0) is 35.2 Å². The number of ketones is 1. The van der Waals surface area contributed by atoms with Crippen molar-refractivity contribution < 1.29 is 14.4 Å². The molecule has 0 bridgehead atoms. The van der Waals surface area contributed by atoms with Gasteiger partial charge < -0.3 is 4.90 Å². The van der Waals surface area contributed by atoms with Crippen LogP contribution in [0.4, 0.5) is 5.69 Å². The Labute approximate surface area is 158 Å². The van der Waals surface area contributed by atoms with Gasteiger partial charge in [0.1, 0.15) is 6.04 Å². The van der Waals surface area contributed by atoms with Crippen molar-refractivity contribution in [1.29, 1.82) is 0 Å². The molecule has 0 radical (unpaired) electrons. The molecule has 3 aliphatic rings. The van der Waals surface area contributed by atoms with Crippen LogP contribution in [0.3, 0.4) is 0 Å². The van der Waals surface area contributed by atoms with Crippen molar-refractivity contribution in [3.05, 3.63) is 57.3 Å². The standard InChI is InChI=1S/C19H13ClN2O3S/c20-10-4-6-11-9(8-10)3-5-12-14-15(19(25)21-18(14)24)16(22(11)12)17(23)13-2-1-7-26-13/h1-8,12,14-16H,(H,21,24,25)/t12-,14+,15-,16-/m1/s1. The molecule has 7 heteroatoms. The van der Waals surface area contributed by atoms with Crippen molar-refractivity contribution in [3.8, 4) is 0 Å². The molecule has 2 fully saturated rings. The predicted molar refractivity (Wildman–Crippen MR) is 99.3 cm³/mol. The first kappa shape index (κ1) is 15.8. The highest BCUT2D eigenvalue weighted by Crippen LogP contribution is 2.47. The number of rotatable bonds is 2. The zero-order valence-electron chi connectivity index (χ0n) is 13.4. The molecule has 130 valence electrons. The van der Waals surface area contributed by atoms with Gasteiger partial charge in [-0.15, -0.1) is 11.3 Å². The van der Waals surface area contributed by atoms with E-state index in [4.69, 9.17) is 11.6 Å². The Morgan fingerprint density at radius 2 is 1.96 bits per heavy atom. The Bertz CT molecular complexity index is 985. The van der Waals surface area contributed by atoms with E-state index in [0.29, 0.717) is 9.90 Å². The number of halogens is 1. The summed E-state index contributed by atoms with van der Waals surface area (Å²) in [6, 6.07) is 7.98. The molecular formula is C19H13ClN2O3S. The fraction of sp³-hybridized carbons (Fsp3) is 0.211. The smallest absolute Gasteiger partial charge is 0.233 e. The van der Waals surface area contributed by atoms with Crippen LogP contribution in [-0.4, -0.2) is 29.7 Å². The first-order valence-corrected chi connectivity index (χ1v) is 9.50. The summed E-state index contributed by atoms with van der Waals surface area (Å²) in [6.45, 7) is 0. The highest BCUT2D eigenvalue weighted by atomic mass is 35.5. The van der Waals surface area contributed by atoms with E-state index in [9.17, 15) is 14.4 Å². The zero-order valence-corrected chi connectivity index (χ0v) is 15.0. The second-order valence-electron chi connectivity index (χ2n) is 6.65. The van der Waals surface area contributed by atoms with Gasteiger partial charge in [0.25, 0.3) is 0 Å². The molecule has 1 aromatic carbocycles. The molecule has 0 saturated carbocycles. The number of carbonyl (C=O) groups is 3. The van der Waals surface area contributed by atoms with Crippen molar-refractivity contribution in [2.45, 2.75) is 12.1 Å². The van der Waals surface area contributed by atoms with Crippen LogP contribution in [-0.2, 0) is 9.59 Å². The number of benzene rings is 1. The number of nitrogens with one attached hydrogen (secondary N) is 1. The van der Waals surface area contributed by atoms with Gasteiger partial charge in [-0.3, -0.25) is 19.7 Å². The maximum atomic E-state index is 13.3. The summed E-state index contributed by atoms with van der Waals surface area (Å²) in [5.41, 5.74) is 1.71. The number of imide groups is 1. The molecule has 1 aromatic heterocycles. The Morgan fingerprint density at radius 3 is 2.73 bits per heavy atom. The second-order valence-corrected chi connectivity index (χ2v) is 8.04. The van der Waals surface area contributed by atoms with E-state index in [2.05, 4.69) is 5.32 Å². The minimum Gasteiger partial charge on any atom is -0.352 e. The highest BCUT2D eigenvalue weighted by molar-refractivity contribution is 7.12. The topological polar surface area (TPSA) is 66.5 Å². The molecular weight excluding hydrogens is 372 g/mol. The number of amides is 2. The number of nitrogens with zero attached hydrogens (tertiary/aromatic N) is 1. The van der Waals surface area contributed by atoms with E-state index in [1.165, 1.54) is 11.3 Å². The molecule has 5 nitrogen and oxygen atoms in total. The maximum absolute atomic E-state index is 13.3. The average molecular weight is 385 g/mol. The van der Waals surface area contributed by atoms with E-state index in [1.54, 1.807) is 12.1 Å². The quantitative estimate of drug-likeness (QED) is 0.638. The third-order valence-corrected chi connectivity index (χ3v) is 6.46. The molecule has 2 saturated heterocycles. The number of hydrogen-bond acceptors (Lipinski definition) is 5. The van der Waals surface area contributed by atoms with Crippen LogP contribution in [0, 0.1) is 11.8 Å². The molecule has 4 atom stereocenters. The predicted octanol–water partition coefficient (Wildman–Crippen LogP) is 2.76. The van der Waals surface area contributed by atoms with Crippen LogP contribution < -0.4 is 10.2 Å². The van der Waals surface area contributed by atoms with Crippen molar-refractivity contribution in [2.75, 3.05) is 4.90 Å². The minimum absolute atomic E-state index is 0.126. The van der Waals surface area contributed by atoms with Gasteiger partial charge in [-0.2, -0.15) is 0 Å². The molecule has 26 heavy (non-hydrogen) atoms. The molecule has 0 aliphatic carbocycles. The van der Waals surface area contributed by atoms with Crippen LogP contribution in [0.2, 0.25) is 5.02 Å². The van der Waals surface area contributed by atoms with Gasteiger partial charge >= 0.3 is 0 Å². The van der Waals surface area contributed by atoms with E-state index in [0.717, 1.165) is 11.3 Å². The molecule has 0 spiro atoms. The molecule has 0 unspecified atom stereocenters. The van der Waals surface area contributed by atoms with Crippen molar-refractivity contribution in [2.24, 2.45) is 11.8 Å². The Morgan fingerprint density at radius 1 is 1.15 bits per heavy atom. The van der Waals surface area contributed by atoms with Crippen LogP contribution in [0.5, 0.6) is 0 Å². The van der Waals surface area contributed by atoms with Gasteiger partial charge in [0.15, 0.2) is 5.78 Å². The number of carbonyl (C=O) groups excluding carboxylic acids is 3. The summed E-state index contributed by atoms with van der Waals surface area (Å²) in [5.74, 6) is -2.05. The Hall–Kier alpha value is -2.44. The second kappa shape index (κ2) is 5.53. The highest BCUT2D eigenvalue weighted by Gasteiger charge is 2.61. The maximum Gasteiger partial charge on any atom is 0.233 e. The largest absolute Gasteiger partial charge is 0.352 e. The van der Waals surface area contributed by atoms with E-state index in [1.807, 2.05) is 40.6 Å². The van der Waals surface area contributed by atoms with Crippen LogP contribution >= 0.6 is 22.9 Å². The molecule has 2 amide bonds. The van der Waals surface area contributed by atoms with Crippen LogP contribution in [0.1, 0.15) is 15.2 Å². The van der Waals surface area contributed by atoms with Crippen molar-refractivity contribution >= 4 is 52.3 Å². The van der Waals surface area contributed by atoms with Crippen LogP contribution in [0.15, 0.2) is 41.8 Å². The fourth-order valence-electron chi connectivity index (χ4n) is 4.33. The van der Waals surface area contributed by atoms with Gasteiger partial charge in [0.2, 0.25) is 11.8 Å². The molecule has 1 N–H and O–H groups in total. The Kier molecular flexibility index (Phi) is 3.36. The summed E-state index contributed by atoms with van der Waals surface area (Å²) in [4.78, 5) is 40.7. The lowest BCUT2D eigenvalue weighted by atomic mass is 9.87. The lowest BCUT2D eigenvalue weighted by Crippen LogP contribution is -2.47. The molecule has 4 heterocycles. The number of Topliss-reactive ketones (excluding diaryl/α,β-unsaturated/α-hetero) is 1. The van der Waals surface area contributed by atoms with Crippen LogP contribution in [0.25, 0.3) is 6.08 Å². The van der Waals surface area contributed by atoms with Crippen molar-refractivity contribution in [3.63, 3.8) is 0 Å². The summed E-state index contributed by atoms with van der Waals surface area (Å²) >= 11 is 7.45. The van der Waals surface area contributed by atoms with E-state index >= 15 is 0 Å². The van der Waals surface area contributed by atoms with Gasteiger partial charge in [-0.25, -0.2) is 0 Å². The van der Waals surface area contributed by atoms with Gasteiger partial charge in [0, 0.05) is 10.7 Å². The lowest BCUT2D eigenvalue weighted by Gasteiger charge is -2.35. The monoisotopic (exact) mass is 384 g/mol. The first-order chi connectivity index (χ1) is 12.6. The number of thiophene rings is 1. The van der Waals surface area contributed by atoms with Gasteiger partial charge in [-0.1, -0.05) is 29.8 Å². The molecule has 3 aliphatic heterocycles. The molecule has 5 rings (SSSR count). The summed E-state index contributed by atoms with van der Waals surface area (Å²) in [5, 5.41) is 4.84. The lowest BCUT2D eigenvalue weighted by molar-refractivity contribution is -0.126. The third-order valence-electron chi connectivity index (χ3n) is 5.34. The average Bonchev–Trinajstić information content (AvgIpc) is 3.31. The third kappa shape index (κ3) is 2.06.